The summed E-state index contributed by atoms with van der Waals surface area (Å²) in [5, 5.41) is 20.4. The lowest BCUT2D eigenvalue weighted by Gasteiger charge is -2.28. The molecule has 12 heteroatoms. The minimum absolute atomic E-state index is 0.124. The normalized spacial score (nSPS) is 11.4. The van der Waals surface area contributed by atoms with E-state index in [-0.39, 0.29) is 17.0 Å². The number of nitrogens with zero attached hydrogens (tertiary/aromatic N) is 1. The minimum Gasteiger partial charge on any atom is -0.389 e. The Kier molecular flexibility index (Phi) is 8.52. The molecule has 0 saturated carbocycles. The number of carbonyl (C=O) groups excluding carboxylic acids is 3. The monoisotopic (exact) mass is 552 g/mol. The van der Waals surface area contributed by atoms with Crippen LogP contribution in [-0.2, 0) is 14.3 Å². The van der Waals surface area contributed by atoms with Gasteiger partial charge < -0.3 is 20.3 Å². The lowest BCUT2D eigenvalue weighted by atomic mass is 9.97. The highest BCUT2D eigenvalue weighted by Crippen LogP contribution is 2.27. The van der Waals surface area contributed by atoms with Gasteiger partial charge in [0.15, 0.2) is 0 Å². The number of aliphatic hydroxyl groups is 1. The number of rotatable bonds is 8. The van der Waals surface area contributed by atoms with Crippen LogP contribution in [0.15, 0.2) is 72.8 Å². The standard InChI is InChI=1S/C27H28N4O7S/c1-27(2,35)16-31(26(34)30-20-12-9-18(10-13-20)23(28)29)24(32)19-11-14-21(17-7-5-4-6-8-17)22(15-19)25(33)38-39(3,36)37/h4-15,35H,16H2,1-3H3,(H3,28,29)(H,30,34). The summed E-state index contributed by atoms with van der Waals surface area (Å²) < 4.78 is 27.9. The summed E-state index contributed by atoms with van der Waals surface area (Å²) in [4.78, 5) is 40.3. The average molecular weight is 553 g/mol. The number of nitrogen functional groups attached to an aromatic ring is 1. The van der Waals surface area contributed by atoms with Gasteiger partial charge in [0, 0.05) is 16.8 Å². The summed E-state index contributed by atoms with van der Waals surface area (Å²) in [6.45, 7) is 2.41. The number of nitrogens with one attached hydrogen (secondary N) is 2. The van der Waals surface area contributed by atoms with Crippen LogP contribution in [0.2, 0.25) is 0 Å². The van der Waals surface area contributed by atoms with Crippen molar-refractivity contribution in [3.05, 3.63) is 89.5 Å². The summed E-state index contributed by atoms with van der Waals surface area (Å²) in [6.07, 6.45) is 0.723. The first kappa shape index (κ1) is 29.0. The Morgan fingerprint density at radius 2 is 1.59 bits per heavy atom. The van der Waals surface area contributed by atoms with Crippen molar-refractivity contribution in [1.82, 2.24) is 4.90 Å². The molecule has 3 aromatic rings. The Hall–Kier alpha value is -4.55. The molecule has 0 unspecified atom stereocenters. The number of amides is 3. The molecule has 0 aliphatic heterocycles. The van der Waals surface area contributed by atoms with Crippen LogP contribution in [0, 0.1) is 5.41 Å². The first-order valence-electron chi connectivity index (χ1n) is 11.6. The predicted octanol–water partition coefficient (Wildman–Crippen LogP) is 3.20. The molecule has 3 amide bonds. The van der Waals surface area contributed by atoms with E-state index in [9.17, 15) is 27.9 Å². The third-order valence-electron chi connectivity index (χ3n) is 5.28. The zero-order valence-electron chi connectivity index (χ0n) is 21.5. The highest BCUT2D eigenvalue weighted by molar-refractivity contribution is 7.86. The van der Waals surface area contributed by atoms with Crippen molar-refractivity contribution >= 4 is 39.5 Å². The summed E-state index contributed by atoms with van der Waals surface area (Å²) in [7, 11) is -4.16. The van der Waals surface area contributed by atoms with Gasteiger partial charge in [0.1, 0.15) is 5.84 Å². The van der Waals surface area contributed by atoms with E-state index in [1.807, 2.05) is 0 Å². The van der Waals surface area contributed by atoms with Crippen molar-refractivity contribution < 1.29 is 32.1 Å². The van der Waals surface area contributed by atoms with Crippen molar-refractivity contribution in [2.75, 3.05) is 18.1 Å². The summed E-state index contributed by atoms with van der Waals surface area (Å²) in [5.74, 6) is -2.21. The maximum Gasteiger partial charge on any atom is 0.354 e. The lowest BCUT2D eigenvalue weighted by molar-refractivity contribution is 0.0406. The number of anilines is 1. The molecule has 0 heterocycles. The minimum atomic E-state index is -4.16. The van der Waals surface area contributed by atoms with Crippen LogP contribution in [0.1, 0.15) is 40.1 Å². The molecule has 0 aromatic heterocycles. The molecule has 11 nitrogen and oxygen atoms in total. The van der Waals surface area contributed by atoms with Gasteiger partial charge in [-0.05, 0) is 61.4 Å². The van der Waals surface area contributed by atoms with Crippen molar-refractivity contribution in [3.8, 4) is 11.1 Å². The molecule has 0 spiro atoms. The zero-order valence-corrected chi connectivity index (χ0v) is 22.3. The SMILES string of the molecule is CC(C)(O)CN(C(=O)Nc1ccc(C(=N)N)cc1)C(=O)c1ccc(-c2ccccc2)c(C(=O)OS(C)(=O)=O)c1. The van der Waals surface area contributed by atoms with E-state index in [0.717, 1.165) is 17.2 Å². The van der Waals surface area contributed by atoms with Gasteiger partial charge in [-0.15, -0.1) is 0 Å². The van der Waals surface area contributed by atoms with Gasteiger partial charge in [0.2, 0.25) is 0 Å². The van der Waals surface area contributed by atoms with E-state index >= 15 is 0 Å². The van der Waals surface area contributed by atoms with Gasteiger partial charge in [-0.3, -0.25) is 15.1 Å². The molecule has 3 rings (SSSR count). The number of nitrogens with two attached hydrogens (primary N) is 1. The van der Waals surface area contributed by atoms with Gasteiger partial charge in [0.25, 0.3) is 5.91 Å². The Morgan fingerprint density at radius 1 is 1.00 bits per heavy atom. The topological polar surface area (TPSA) is 180 Å². The number of urea groups is 1. The molecule has 0 aliphatic carbocycles. The van der Waals surface area contributed by atoms with E-state index < -0.39 is 40.2 Å². The van der Waals surface area contributed by atoms with Crippen LogP contribution in [-0.4, -0.2) is 60.6 Å². The molecule has 0 saturated heterocycles. The Bertz CT molecular complexity index is 1510. The number of imide groups is 1. The van der Waals surface area contributed by atoms with Crippen LogP contribution >= 0.6 is 0 Å². The van der Waals surface area contributed by atoms with Crippen molar-refractivity contribution in [2.24, 2.45) is 5.73 Å². The van der Waals surface area contributed by atoms with E-state index in [4.69, 9.17) is 11.1 Å². The van der Waals surface area contributed by atoms with Crippen molar-refractivity contribution in [1.29, 1.82) is 5.41 Å². The van der Waals surface area contributed by atoms with Gasteiger partial charge in [-0.2, -0.15) is 8.42 Å². The van der Waals surface area contributed by atoms with Gasteiger partial charge in [0.05, 0.1) is 24.0 Å². The van der Waals surface area contributed by atoms with Crippen molar-refractivity contribution in [3.63, 3.8) is 0 Å². The molecule has 3 aromatic carbocycles. The third-order valence-corrected chi connectivity index (χ3v) is 5.73. The number of hydrogen-bond acceptors (Lipinski definition) is 8. The summed E-state index contributed by atoms with van der Waals surface area (Å²) in [6, 6.07) is 17.7. The Balaban J connectivity index is 2.02. The molecule has 0 fully saturated rings. The first-order chi connectivity index (χ1) is 18.1. The molecular weight excluding hydrogens is 524 g/mol. The van der Waals surface area contributed by atoms with Crippen LogP contribution in [0.4, 0.5) is 10.5 Å². The number of carbonyl (C=O) groups is 3. The quantitative estimate of drug-likeness (QED) is 0.187. The number of hydrogen-bond donors (Lipinski definition) is 4. The molecule has 0 atom stereocenters. The second-order valence-corrected chi connectivity index (χ2v) is 10.9. The van der Waals surface area contributed by atoms with E-state index in [1.165, 1.54) is 50.2 Å². The Labute approximate surface area is 225 Å². The molecular formula is C27H28N4O7S. The summed E-state index contributed by atoms with van der Waals surface area (Å²) in [5.41, 5.74) is 5.25. The van der Waals surface area contributed by atoms with Gasteiger partial charge in [-0.25, -0.2) is 9.59 Å². The Morgan fingerprint density at radius 3 is 2.13 bits per heavy atom. The van der Waals surface area contributed by atoms with Crippen molar-refractivity contribution in [2.45, 2.75) is 19.4 Å². The van der Waals surface area contributed by atoms with E-state index in [1.54, 1.807) is 30.3 Å². The maximum absolute atomic E-state index is 13.5. The number of amidine groups is 1. The van der Waals surface area contributed by atoms with E-state index in [2.05, 4.69) is 9.50 Å². The summed E-state index contributed by atoms with van der Waals surface area (Å²) >= 11 is 0. The highest BCUT2D eigenvalue weighted by atomic mass is 32.2. The largest absolute Gasteiger partial charge is 0.389 e. The second kappa shape index (κ2) is 11.5. The van der Waals surface area contributed by atoms with Gasteiger partial charge in [-0.1, -0.05) is 36.4 Å². The fourth-order valence-corrected chi connectivity index (χ4v) is 3.97. The molecule has 0 aliphatic rings. The molecule has 204 valence electrons. The predicted molar refractivity (Wildman–Crippen MR) is 146 cm³/mol. The van der Waals surface area contributed by atoms with E-state index in [0.29, 0.717) is 22.4 Å². The van der Waals surface area contributed by atoms with Crippen LogP contribution in [0.5, 0.6) is 0 Å². The lowest BCUT2D eigenvalue weighted by Crippen LogP contribution is -2.47. The fraction of sp³-hybridized carbons (Fsp3) is 0.185. The second-order valence-electron chi connectivity index (χ2n) is 9.33. The third kappa shape index (κ3) is 7.97. The first-order valence-corrected chi connectivity index (χ1v) is 13.4. The van der Waals surface area contributed by atoms with Gasteiger partial charge >= 0.3 is 22.1 Å². The number of benzene rings is 3. The maximum atomic E-state index is 13.5. The average Bonchev–Trinajstić information content (AvgIpc) is 2.85. The molecule has 0 bridgehead atoms. The molecule has 0 radical (unpaired) electrons. The zero-order chi connectivity index (χ0) is 29.0. The highest BCUT2D eigenvalue weighted by Gasteiger charge is 2.30. The van der Waals surface area contributed by atoms with Crippen LogP contribution in [0.3, 0.4) is 0 Å². The molecule has 5 N–H and O–H groups in total. The van der Waals surface area contributed by atoms with Crippen LogP contribution in [0.25, 0.3) is 11.1 Å². The smallest absolute Gasteiger partial charge is 0.354 e. The van der Waals surface area contributed by atoms with Crippen LogP contribution < -0.4 is 11.1 Å². The molecule has 39 heavy (non-hydrogen) atoms. The fourth-order valence-electron chi connectivity index (χ4n) is 3.60.